The topological polar surface area (TPSA) is 59.5 Å². The van der Waals surface area contributed by atoms with Crippen LogP contribution in [0.3, 0.4) is 0 Å². The zero-order valence-electron chi connectivity index (χ0n) is 16.5. The predicted molar refractivity (Wildman–Crippen MR) is 112 cm³/mol. The van der Waals surface area contributed by atoms with Crippen molar-refractivity contribution in [3.63, 3.8) is 0 Å². The summed E-state index contributed by atoms with van der Waals surface area (Å²) >= 11 is 0. The van der Waals surface area contributed by atoms with Gasteiger partial charge in [0.2, 0.25) is 0 Å². The van der Waals surface area contributed by atoms with E-state index in [-0.39, 0.29) is 17.8 Å². The van der Waals surface area contributed by atoms with E-state index in [1.807, 2.05) is 30.0 Å². The Morgan fingerprint density at radius 2 is 2.03 bits per heavy atom. The van der Waals surface area contributed by atoms with Crippen LogP contribution >= 0.6 is 0 Å². The van der Waals surface area contributed by atoms with Crippen molar-refractivity contribution in [1.82, 2.24) is 4.98 Å². The quantitative estimate of drug-likeness (QED) is 0.455. The molecule has 152 valence electrons. The van der Waals surface area contributed by atoms with Crippen molar-refractivity contribution in [3.05, 3.63) is 88.9 Å². The lowest BCUT2D eigenvalue weighted by atomic mass is 9.97. The van der Waals surface area contributed by atoms with Gasteiger partial charge < -0.3 is 9.64 Å². The van der Waals surface area contributed by atoms with Crippen molar-refractivity contribution >= 4 is 17.8 Å². The molecule has 0 bridgehead atoms. The molecule has 1 aliphatic heterocycles. The van der Waals surface area contributed by atoms with Gasteiger partial charge in [0, 0.05) is 41.5 Å². The van der Waals surface area contributed by atoms with Crippen LogP contribution in [-0.4, -0.2) is 36.2 Å². The summed E-state index contributed by atoms with van der Waals surface area (Å²) < 4.78 is 19.5. The Hall–Kier alpha value is -3.54. The maximum Gasteiger partial charge on any atom is 0.250 e. The number of ketones is 1. The van der Waals surface area contributed by atoms with E-state index in [1.165, 1.54) is 18.3 Å². The summed E-state index contributed by atoms with van der Waals surface area (Å²) in [5.74, 6) is -0.626. The van der Waals surface area contributed by atoms with Gasteiger partial charge in [0.15, 0.2) is 17.9 Å². The second kappa shape index (κ2) is 8.45. The van der Waals surface area contributed by atoms with E-state index in [0.717, 1.165) is 17.5 Å². The molecule has 0 aliphatic carbocycles. The summed E-state index contributed by atoms with van der Waals surface area (Å²) in [6.07, 6.45) is 2.69. The zero-order valence-corrected chi connectivity index (χ0v) is 16.5. The van der Waals surface area contributed by atoms with Gasteiger partial charge in [0.05, 0.1) is 6.54 Å². The molecule has 1 fully saturated rings. The average Bonchev–Trinajstić information content (AvgIpc) is 3.23. The standard InChI is InChI=1S/C24H21FN2O3/c1-16-5-2-3-6-20(16)23(29)17-8-9-22(18(13-17)15-28)27-12-10-19(14-27)30-24-21(25)7-4-11-26-24/h2-9,11,13,15,19H,10,12,14H2,1H3/t19-/m0/s1. The fourth-order valence-electron chi connectivity index (χ4n) is 3.72. The highest BCUT2D eigenvalue weighted by molar-refractivity contribution is 6.10. The number of hydrogen-bond donors (Lipinski definition) is 0. The smallest absolute Gasteiger partial charge is 0.250 e. The maximum atomic E-state index is 13.8. The molecule has 0 saturated carbocycles. The van der Waals surface area contributed by atoms with Crippen LogP contribution < -0.4 is 9.64 Å². The number of hydrogen-bond acceptors (Lipinski definition) is 5. The molecule has 5 nitrogen and oxygen atoms in total. The average molecular weight is 404 g/mol. The summed E-state index contributed by atoms with van der Waals surface area (Å²) in [5, 5.41) is 0. The lowest BCUT2D eigenvalue weighted by molar-refractivity contribution is 0.103. The van der Waals surface area contributed by atoms with Crippen LogP contribution in [0.2, 0.25) is 0 Å². The van der Waals surface area contributed by atoms with Crippen LogP contribution in [0.1, 0.15) is 38.3 Å². The van der Waals surface area contributed by atoms with Crippen LogP contribution in [0, 0.1) is 12.7 Å². The fourth-order valence-corrected chi connectivity index (χ4v) is 3.72. The lowest BCUT2D eigenvalue weighted by Gasteiger charge is -2.21. The highest BCUT2D eigenvalue weighted by atomic mass is 19.1. The molecular formula is C24H21FN2O3. The predicted octanol–water partition coefficient (Wildman–Crippen LogP) is 4.23. The largest absolute Gasteiger partial charge is 0.470 e. The summed E-state index contributed by atoms with van der Waals surface area (Å²) in [5.41, 5.74) is 3.16. The first-order valence-electron chi connectivity index (χ1n) is 9.78. The van der Waals surface area contributed by atoms with E-state index < -0.39 is 5.82 Å². The van der Waals surface area contributed by atoms with Gasteiger partial charge in [-0.05, 0) is 42.8 Å². The fraction of sp³-hybridized carbons (Fsp3) is 0.208. The number of rotatable bonds is 6. The summed E-state index contributed by atoms with van der Waals surface area (Å²) in [4.78, 5) is 30.6. The van der Waals surface area contributed by atoms with Crippen LogP contribution in [0.4, 0.5) is 10.1 Å². The van der Waals surface area contributed by atoms with E-state index in [1.54, 1.807) is 24.3 Å². The van der Waals surface area contributed by atoms with Crippen molar-refractivity contribution in [3.8, 4) is 5.88 Å². The van der Waals surface area contributed by atoms with Gasteiger partial charge >= 0.3 is 0 Å². The molecule has 0 spiro atoms. The first kappa shape index (κ1) is 19.8. The number of aromatic nitrogens is 1. The first-order chi connectivity index (χ1) is 14.6. The van der Waals surface area contributed by atoms with Gasteiger partial charge in [0.1, 0.15) is 6.10 Å². The number of aryl methyl sites for hydroxylation is 1. The van der Waals surface area contributed by atoms with Crippen molar-refractivity contribution in [2.45, 2.75) is 19.4 Å². The SMILES string of the molecule is Cc1ccccc1C(=O)c1ccc(N2CC[C@H](Oc3ncccc3F)C2)c(C=O)c1. The molecule has 2 aromatic carbocycles. The summed E-state index contributed by atoms with van der Waals surface area (Å²) in [6, 6.07) is 15.4. The Bertz CT molecular complexity index is 1100. The number of anilines is 1. The van der Waals surface area contributed by atoms with E-state index in [9.17, 15) is 14.0 Å². The normalized spacial score (nSPS) is 15.8. The minimum atomic E-state index is -0.497. The van der Waals surface area contributed by atoms with Gasteiger partial charge in [-0.1, -0.05) is 24.3 Å². The number of carbonyl (C=O) groups is 2. The molecule has 0 amide bonds. The number of halogens is 1. The lowest BCUT2D eigenvalue weighted by Crippen LogP contribution is -2.26. The number of ether oxygens (including phenoxy) is 1. The van der Waals surface area contributed by atoms with Gasteiger partial charge in [-0.15, -0.1) is 0 Å². The molecule has 1 saturated heterocycles. The molecule has 3 aromatic rings. The van der Waals surface area contributed by atoms with Crippen molar-refractivity contribution in [2.75, 3.05) is 18.0 Å². The van der Waals surface area contributed by atoms with Gasteiger partial charge in [0.25, 0.3) is 5.88 Å². The first-order valence-corrected chi connectivity index (χ1v) is 9.78. The molecule has 4 rings (SSSR count). The van der Waals surface area contributed by atoms with Crippen molar-refractivity contribution in [1.29, 1.82) is 0 Å². The molecule has 2 heterocycles. The minimum Gasteiger partial charge on any atom is -0.470 e. The molecule has 0 radical (unpaired) electrons. The third-order valence-corrected chi connectivity index (χ3v) is 5.30. The summed E-state index contributed by atoms with van der Waals surface area (Å²) in [7, 11) is 0. The number of pyridine rings is 1. The van der Waals surface area contributed by atoms with Crippen LogP contribution in [0.15, 0.2) is 60.8 Å². The monoisotopic (exact) mass is 404 g/mol. The van der Waals surface area contributed by atoms with E-state index in [2.05, 4.69) is 4.98 Å². The van der Waals surface area contributed by atoms with E-state index in [0.29, 0.717) is 36.2 Å². The Morgan fingerprint density at radius 1 is 1.20 bits per heavy atom. The summed E-state index contributed by atoms with van der Waals surface area (Å²) in [6.45, 7) is 3.05. The molecular weight excluding hydrogens is 383 g/mol. The second-order valence-corrected chi connectivity index (χ2v) is 7.30. The van der Waals surface area contributed by atoms with Crippen molar-refractivity contribution < 1.29 is 18.7 Å². The van der Waals surface area contributed by atoms with Crippen LogP contribution in [0.5, 0.6) is 5.88 Å². The molecule has 1 atom stereocenters. The molecule has 1 aliphatic rings. The Morgan fingerprint density at radius 3 is 2.80 bits per heavy atom. The third-order valence-electron chi connectivity index (χ3n) is 5.30. The Balaban J connectivity index is 1.53. The number of benzene rings is 2. The van der Waals surface area contributed by atoms with Gasteiger partial charge in [-0.3, -0.25) is 9.59 Å². The highest BCUT2D eigenvalue weighted by Crippen LogP contribution is 2.28. The van der Waals surface area contributed by atoms with Gasteiger partial charge in [-0.2, -0.15) is 0 Å². The molecule has 0 N–H and O–H groups in total. The second-order valence-electron chi connectivity index (χ2n) is 7.30. The number of carbonyl (C=O) groups excluding carboxylic acids is 2. The number of nitrogens with zero attached hydrogens (tertiary/aromatic N) is 2. The minimum absolute atomic E-state index is 0.0147. The molecule has 30 heavy (non-hydrogen) atoms. The highest BCUT2D eigenvalue weighted by Gasteiger charge is 2.27. The maximum absolute atomic E-state index is 13.8. The Labute approximate surface area is 174 Å². The van der Waals surface area contributed by atoms with E-state index >= 15 is 0 Å². The molecule has 6 heteroatoms. The zero-order chi connectivity index (χ0) is 21.1. The van der Waals surface area contributed by atoms with Gasteiger partial charge in [-0.25, -0.2) is 9.37 Å². The molecule has 0 unspecified atom stereocenters. The van der Waals surface area contributed by atoms with Crippen LogP contribution in [-0.2, 0) is 0 Å². The van der Waals surface area contributed by atoms with E-state index in [4.69, 9.17) is 4.74 Å². The Kier molecular flexibility index (Phi) is 5.57. The number of aldehydes is 1. The third kappa shape index (κ3) is 3.94. The molecule has 1 aromatic heterocycles. The van der Waals surface area contributed by atoms with Crippen LogP contribution in [0.25, 0.3) is 0 Å². The van der Waals surface area contributed by atoms with Crippen molar-refractivity contribution in [2.24, 2.45) is 0 Å².